The predicted molar refractivity (Wildman–Crippen MR) is 110 cm³/mol. The number of aryl methyl sites for hydroxylation is 1. The average Bonchev–Trinajstić information content (AvgIpc) is 2.67. The lowest BCUT2D eigenvalue weighted by molar-refractivity contribution is 0.445. The zero-order chi connectivity index (χ0) is 19.4. The van der Waals surface area contributed by atoms with Gasteiger partial charge in [-0.3, -0.25) is 9.98 Å². The van der Waals surface area contributed by atoms with Crippen molar-refractivity contribution in [2.45, 2.75) is 25.7 Å². The Bertz CT molecular complexity index is 1090. The Hall–Kier alpha value is -2.57. The molecule has 0 fully saturated rings. The molecular formula is C21H23N3O2S. The molecule has 3 rings (SSSR count). The zero-order valence-electron chi connectivity index (χ0n) is 15.8. The van der Waals surface area contributed by atoms with Gasteiger partial charge in [-0.2, -0.15) is 4.31 Å². The Labute approximate surface area is 160 Å². The van der Waals surface area contributed by atoms with E-state index in [9.17, 15) is 8.42 Å². The fourth-order valence-electron chi connectivity index (χ4n) is 2.96. The molecule has 140 valence electrons. The highest BCUT2D eigenvalue weighted by Gasteiger charge is 2.24. The highest BCUT2D eigenvalue weighted by Crippen LogP contribution is 2.28. The molecule has 0 amide bonds. The Morgan fingerprint density at radius 2 is 1.85 bits per heavy atom. The van der Waals surface area contributed by atoms with Gasteiger partial charge in [0.1, 0.15) is 4.90 Å². The van der Waals surface area contributed by atoms with Crippen LogP contribution in [0, 0.1) is 6.92 Å². The SMILES string of the molecule is CCN(CC)S(=O)(=O)c1cc(C)ccc1N=Cc1ccc2ncccc2c1. The second-order valence-corrected chi connectivity index (χ2v) is 8.18. The molecule has 0 spiro atoms. The van der Waals surface area contributed by atoms with Gasteiger partial charge in [0.25, 0.3) is 0 Å². The van der Waals surface area contributed by atoms with Crippen molar-refractivity contribution in [3.63, 3.8) is 0 Å². The first-order valence-corrected chi connectivity index (χ1v) is 10.4. The van der Waals surface area contributed by atoms with Crippen LogP contribution in [0.4, 0.5) is 5.69 Å². The van der Waals surface area contributed by atoms with E-state index in [0.29, 0.717) is 18.8 Å². The van der Waals surface area contributed by atoms with Crippen LogP contribution in [-0.4, -0.2) is 37.0 Å². The maximum atomic E-state index is 13.0. The first-order chi connectivity index (χ1) is 13.0. The minimum Gasteiger partial charge on any atom is -0.256 e. The Kier molecular flexibility index (Phi) is 5.68. The quantitative estimate of drug-likeness (QED) is 0.597. The zero-order valence-corrected chi connectivity index (χ0v) is 16.6. The van der Waals surface area contributed by atoms with Crippen LogP contribution in [0.1, 0.15) is 25.0 Å². The van der Waals surface area contributed by atoms with Crippen LogP contribution >= 0.6 is 0 Å². The fraction of sp³-hybridized carbons (Fsp3) is 0.238. The second kappa shape index (κ2) is 7.98. The molecule has 0 aliphatic heterocycles. The smallest absolute Gasteiger partial charge is 0.245 e. The van der Waals surface area contributed by atoms with Gasteiger partial charge in [0.05, 0.1) is 11.2 Å². The van der Waals surface area contributed by atoms with E-state index in [-0.39, 0.29) is 4.90 Å². The van der Waals surface area contributed by atoms with E-state index in [1.165, 1.54) is 4.31 Å². The van der Waals surface area contributed by atoms with Crippen molar-refractivity contribution in [3.8, 4) is 0 Å². The van der Waals surface area contributed by atoms with Crippen LogP contribution in [0.15, 0.2) is 64.6 Å². The van der Waals surface area contributed by atoms with Gasteiger partial charge in [-0.25, -0.2) is 8.42 Å². The minimum absolute atomic E-state index is 0.241. The molecule has 1 aromatic heterocycles. The van der Waals surface area contributed by atoms with E-state index >= 15 is 0 Å². The van der Waals surface area contributed by atoms with Crippen LogP contribution < -0.4 is 0 Å². The lowest BCUT2D eigenvalue weighted by atomic mass is 10.1. The normalized spacial score (nSPS) is 12.3. The largest absolute Gasteiger partial charge is 0.256 e. The van der Waals surface area contributed by atoms with Gasteiger partial charge in [0, 0.05) is 30.9 Å². The number of aliphatic imine (C=N–C) groups is 1. The molecular weight excluding hydrogens is 358 g/mol. The third-order valence-electron chi connectivity index (χ3n) is 4.42. The van der Waals surface area contributed by atoms with Gasteiger partial charge in [-0.15, -0.1) is 0 Å². The van der Waals surface area contributed by atoms with E-state index < -0.39 is 10.0 Å². The molecule has 1 heterocycles. The lowest BCUT2D eigenvalue weighted by Crippen LogP contribution is -2.30. The summed E-state index contributed by atoms with van der Waals surface area (Å²) in [5, 5.41) is 1.02. The second-order valence-electron chi connectivity index (χ2n) is 6.27. The van der Waals surface area contributed by atoms with Gasteiger partial charge < -0.3 is 0 Å². The van der Waals surface area contributed by atoms with E-state index in [1.54, 1.807) is 24.5 Å². The summed E-state index contributed by atoms with van der Waals surface area (Å²) in [6.07, 6.45) is 3.45. The van der Waals surface area contributed by atoms with Crippen LogP contribution in [0.2, 0.25) is 0 Å². The monoisotopic (exact) mass is 381 g/mol. The maximum Gasteiger partial charge on any atom is 0.245 e. The average molecular weight is 382 g/mol. The first kappa shape index (κ1) is 19.2. The number of rotatable bonds is 6. The summed E-state index contributed by atoms with van der Waals surface area (Å²) in [6, 6.07) is 15.0. The number of sulfonamides is 1. The van der Waals surface area contributed by atoms with Crippen LogP contribution in [0.5, 0.6) is 0 Å². The summed E-state index contributed by atoms with van der Waals surface area (Å²) in [5.74, 6) is 0. The van der Waals surface area contributed by atoms with Crippen LogP contribution in [0.3, 0.4) is 0 Å². The molecule has 0 aliphatic carbocycles. The summed E-state index contributed by atoms with van der Waals surface area (Å²) in [7, 11) is -3.58. The van der Waals surface area contributed by atoms with Crippen LogP contribution in [0.25, 0.3) is 10.9 Å². The van der Waals surface area contributed by atoms with Crippen molar-refractivity contribution >= 4 is 32.8 Å². The van der Waals surface area contributed by atoms with E-state index in [2.05, 4.69) is 9.98 Å². The Morgan fingerprint density at radius 1 is 1.07 bits per heavy atom. The molecule has 0 N–H and O–H groups in total. The van der Waals surface area contributed by atoms with E-state index in [0.717, 1.165) is 22.0 Å². The molecule has 3 aromatic rings. The third-order valence-corrected chi connectivity index (χ3v) is 6.50. The number of hydrogen-bond acceptors (Lipinski definition) is 4. The summed E-state index contributed by atoms with van der Waals surface area (Å²) in [4.78, 5) is 9.04. The molecule has 0 bridgehead atoms. The fourth-order valence-corrected chi connectivity index (χ4v) is 4.63. The number of aromatic nitrogens is 1. The Balaban J connectivity index is 2.02. The number of pyridine rings is 1. The number of nitrogens with zero attached hydrogens (tertiary/aromatic N) is 3. The van der Waals surface area contributed by atoms with Crippen molar-refractivity contribution in [2.24, 2.45) is 4.99 Å². The molecule has 0 radical (unpaired) electrons. The van der Waals surface area contributed by atoms with Gasteiger partial charge in [-0.05, 0) is 48.4 Å². The number of benzene rings is 2. The first-order valence-electron chi connectivity index (χ1n) is 8.95. The molecule has 2 aromatic carbocycles. The molecule has 5 nitrogen and oxygen atoms in total. The number of fused-ring (bicyclic) bond motifs is 1. The van der Waals surface area contributed by atoms with Gasteiger partial charge >= 0.3 is 0 Å². The molecule has 0 unspecified atom stereocenters. The van der Waals surface area contributed by atoms with E-state index in [1.807, 2.05) is 57.2 Å². The number of hydrogen-bond donors (Lipinski definition) is 0. The topological polar surface area (TPSA) is 62.6 Å². The molecule has 0 saturated carbocycles. The summed E-state index contributed by atoms with van der Waals surface area (Å²) in [5.41, 5.74) is 3.13. The Morgan fingerprint density at radius 3 is 2.59 bits per heavy atom. The van der Waals surface area contributed by atoms with Crippen molar-refractivity contribution in [1.82, 2.24) is 9.29 Å². The van der Waals surface area contributed by atoms with Gasteiger partial charge in [0.15, 0.2) is 0 Å². The summed E-state index contributed by atoms with van der Waals surface area (Å²) < 4.78 is 27.4. The maximum absolute atomic E-state index is 13.0. The van der Waals surface area contributed by atoms with Gasteiger partial charge in [0.2, 0.25) is 10.0 Å². The minimum atomic E-state index is -3.58. The highest BCUT2D eigenvalue weighted by atomic mass is 32.2. The molecule has 0 saturated heterocycles. The summed E-state index contributed by atoms with van der Waals surface area (Å²) >= 11 is 0. The molecule has 6 heteroatoms. The highest BCUT2D eigenvalue weighted by molar-refractivity contribution is 7.89. The van der Waals surface area contributed by atoms with Gasteiger partial charge in [-0.1, -0.05) is 32.0 Å². The summed E-state index contributed by atoms with van der Waals surface area (Å²) in [6.45, 7) is 6.40. The van der Waals surface area contributed by atoms with Crippen molar-refractivity contribution in [3.05, 3.63) is 65.9 Å². The standard InChI is InChI=1S/C21H23N3O2S/c1-4-24(5-2)27(25,26)21-13-16(3)8-10-20(21)23-15-17-9-11-19-18(14-17)7-6-12-22-19/h6-15H,4-5H2,1-3H3. The molecule has 27 heavy (non-hydrogen) atoms. The molecule has 0 aliphatic rings. The lowest BCUT2D eigenvalue weighted by Gasteiger charge is -2.19. The van der Waals surface area contributed by atoms with Crippen molar-refractivity contribution in [2.75, 3.05) is 13.1 Å². The van der Waals surface area contributed by atoms with Crippen molar-refractivity contribution in [1.29, 1.82) is 0 Å². The predicted octanol–water partition coefficient (Wildman–Crippen LogP) is 4.32. The van der Waals surface area contributed by atoms with E-state index in [4.69, 9.17) is 0 Å². The van der Waals surface area contributed by atoms with Crippen LogP contribution in [-0.2, 0) is 10.0 Å². The molecule has 0 atom stereocenters. The van der Waals surface area contributed by atoms with Crippen molar-refractivity contribution < 1.29 is 8.42 Å². The third kappa shape index (κ3) is 4.07.